The first kappa shape index (κ1) is 25.0. The molecule has 2 aromatic rings. The first-order chi connectivity index (χ1) is 15.0. The molecule has 0 spiro atoms. The van der Waals surface area contributed by atoms with Crippen molar-refractivity contribution < 1.29 is 8.42 Å². The van der Waals surface area contributed by atoms with Gasteiger partial charge in [0, 0.05) is 58.9 Å². The van der Waals surface area contributed by atoms with Crippen LogP contribution < -0.4 is 5.32 Å². The zero-order chi connectivity index (χ0) is 21.8. The van der Waals surface area contributed by atoms with Crippen LogP contribution in [0.15, 0.2) is 52.6 Å². The Labute approximate surface area is 208 Å². The Morgan fingerprint density at radius 2 is 1.88 bits per heavy atom. The minimum atomic E-state index is -3.39. The quantitative estimate of drug-likeness (QED) is 0.339. The summed E-state index contributed by atoms with van der Waals surface area (Å²) in [7, 11) is 0.389. The predicted molar refractivity (Wildman–Crippen MR) is 137 cm³/mol. The molecule has 1 atom stereocenters. The van der Waals surface area contributed by atoms with Gasteiger partial charge in [-0.2, -0.15) is 9.40 Å². The van der Waals surface area contributed by atoms with Crippen LogP contribution in [0.5, 0.6) is 0 Å². The highest BCUT2D eigenvalue weighted by atomic mass is 127. The number of piperidine rings is 1. The molecule has 10 heteroatoms. The Balaban J connectivity index is 0.00000289. The number of aliphatic imine (C=N–C) groups is 1. The molecule has 0 aliphatic carbocycles. The smallest absolute Gasteiger partial charge is 0.243 e. The van der Waals surface area contributed by atoms with Crippen molar-refractivity contribution in [3.8, 4) is 0 Å². The third-order valence-electron chi connectivity index (χ3n) is 6.40. The predicted octanol–water partition coefficient (Wildman–Crippen LogP) is 2.50. The fourth-order valence-corrected chi connectivity index (χ4v) is 6.03. The van der Waals surface area contributed by atoms with Crippen molar-refractivity contribution in [2.24, 2.45) is 18.0 Å². The molecular formula is C22H33IN6O2S. The van der Waals surface area contributed by atoms with Crippen LogP contribution in [0.2, 0.25) is 0 Å². The minimum Gasteiger partial charge on any atom is -0.356 e. The number of halogens is 1. The van der Waals surface area contributed by atoms with Gasteiger partial charge in [-0.25, -0.2) is 8.42 Å². The zero-order valence-corrected chi connectivity index (χ0v) is 21.9. The Morgan fingerprint density at radius 3 is 2.50 bits per heavy atom. The highest BCUT2D eigenvalue weighted by Crippen LogP contribution is 2.27. The molecule has 0 radical (unpaired) electrons. The number of nitrogens with zero attached hydrogens (tertiary/aromatic N) is 5. The average molecular weight is 573 g/mol. The number of aryl methyl sites for hydroxylation is 1. The Kier molecular flexibility index (Phi) is 8.56. The maximum absolute atomic E-state index is 12.8. The van der Waals surface area contributed by atoms with E-state index in [4.69, 9.17) is 0 Å². The van der Waals surface area contributed by atoms with Crippen LogP contribution in [0.4, 0.5) is 0 Å². The number of sulfonamides is 1. The molecule has 32 heavy (non-hydrogen) atoms. The number of hydrogen-bond donors (Lipinski definition) is 1. The number of guanidine groups is 1. The molecule has 1 unspecified atom stereocenters. The SMILES string of the molecule is CN=C(NCC1CCN(S(=O)(=O)c2ccccc2)CC1)N1CCC(c2cnn(C)c2)C1.I. The molecule has 2 aliphatic rings. The van der Waals surface area contributed by atoms with Gasteiger partial charge in [0.25, 0.3) is 0 Å². The lowest BCUT2D eigenvalue weighted by atomic mass is 9.98. The third kappa shape index (κ3) is 5.63. The summed E-state index contributed by atoms with van der Waals surface area (Å²) in [5.74, 6) is 1.86. The van der Waals surface area contributed by atoms with Gasteiger partial charge in [-0.1, -0.05) is 18.2 Å². The number of likely N-dealkylation sites (tertiary alicyclic amines) is 1. The van der Waals surface area contributed by atoms with Crippen LogP contribution in [-0.4, -0.2) is 73.1 Å². The van der Waals surface area contributed by atoms with Crippen LogP contribution in [0, 0.1) is 5.92 Å². The van der Waals surface area contributed by atoms with Gasteiger partial charge in [0.05, 0.1) is 11.1 Å². The Hall–Kier alpha value is -1.66. The second-order valence-electron chi connectivity index (χ2n) is 8.47. The summed E-state index contributed by atoms with van der Waals surface area (Å²) in [6.07, 6.45) is 6.87. The monoisotopic (exact) mass is 572 g/mol. The van der Waals surface area contributed by atoms with E-state index in [0.717, 1.165) is 44.9 Å². The minimum absolute atomic E-state index is 0. The average Bonchev–Trinajstić information content (AvgIpc) is 3.44. The molecule has 2 fully saturated rings. The van der Waals surface area contributed by atoms with Gasteiger partial charge in [0.15, 0.2) is 5.96 Å². The largest absolute Gasteiger partial charge is 0.356 e. The van der Waals surface area contributed by atoms with Crippen LogP contribution >= 0.6 is 24.0 Å². The summed E-state index contributed by atoms with van der Waals surface area (Å²) in [6, 6.07) is 8.71. The van der Waals surface area contributed by atoms with E-state index < -0.39 is 10.0 Å². The third-order valence-corrected chi connectivity index (χ3v) is 8.31. The second kappa shape index (κ2) is 11.0. The van der Waals surface area contributed by atoms with Gasteiger partial charge in [-0.3, -0.25) is 9.67 Å². The maximum atomic E-state index is 12.8. The van der Waals surface area contributed by atoms with Gasteiger partial charge in [-0.05, 0) is 42.9 Å². The molecule has 3 heterocycles. The van der Waals surface area contributed by atoms with Gasteiger partial charge in [-0.15, -0.1) is 24.0 Å². The summed E-state index contributed by atoms with van der Waals surface area (Å²) in [5, 5.41) is 7.83. The highest BCUT2D eigenvalue weighted by molar-refractivity contribution is 14.0. The molecule has 2 saturated heterocycles. The van der Waals surface area contributed by atoms with Gasteiger partial charge < -0.3 is 10.2 Å². The molecule has 4 rings (SSSR count). The molecule has 176 valence electrons. The number of hydrogen-bond acceptors (Lipinski definition) is 4. The van der Waals surface area contributed by atoms with E-state index in [9.17, 15) is 8.42 Å². The number of rotatable bonds is 5. The van der Waals surface area contributed by atoms with E-state index in [1.165, 1.54) is 5.56 Å². The molecule has 0 amide bonds. The lowest BCUT2D eigenvalue weighted by molar-refractivity contribution is 0.272. The van der Waals surface area contributed by atoms with Crippen molar-refractivity contribution in [1.29, 1.82) is 0 Å². The van der Waals surface area contributed by atoms with E-state index >= 15 is 0 Å². The van der Waals surface area contributed by atoms with E-state index in [1.807, 2.05) is 31.0 Å². The molecular weight excluding hydrogens is 539 g/mol. The van der Waals surface area contributed by atoms with Gasteiger partial charge in [0.2, 0.25) is 10.0 Å². The van der Waals surface area contributed by atoms with Crippen LogP contribution in [-0.2, 0) is 17.1 Å². The lowest BCUT2D eigenvalue weighted by Gasteiger charge is -2.32. The molecule has 8 nitrogen and oxygen atoms in total. The van der Waals surface area contributed by atoms with Crippen LogP contribution in [0.25, 0.3) is 0 Å². The van der Waals surface area contributed by atoms with Crippen molar-refractivity contribution in [3.05, 3.63) is 48.3 Å². The summed E-state index contributed by atoms with van der Waals surface area (Å²) in [5.41, 5.74) is 1.28. The zero-order valence-electron chi connectivity index (χ0n) is 18.7. The molecule has 1 aromatic carbocycles. The van der Waals surface area contributed by atoms with Crippen LogP contribution in [0.1, 0.15) is 30.7 Å². The van der Waals surface area contributed by atoms with Crippen molar-refractivity contribution in [3.63, 3.8) is 0 Å². The topological polar surface area (TPSA) is 82.8 Å². The van der Waals surface area contributed by atoms with E-state index in [-0.39, 0.29) is 24.0 Å². The second-order valence-corrected chi connectivity index (χ2v) is 10.4. The first-order valence-corrected chi connectivity index (χ1v) is 12.4. The first-order valence-electron chi connectivity index (χ1n) is 11.0. The molecule has 1 N–H and O–H groups in total. The summed E-state index contributed by atoms with van der Waals surface area (Å²) in [6.45, 7) is 3.87. The van der Waals surface area contributed by atoms with Crippen molar-refractivity contribution in [1.82, 2.24) is 24.3 Å². The normalized spacial score (nSPS) is 20.9. The number of aromatic nitrogens is 2. The van der Waals surface area contributed by atoms with Crippen LogP contribution in [0.3, 0.4) is 0 Å². The van der Waals surface area contributed by atoms with E-state index in [0.29, 0.717) is 29.8 Å². The summed E-state index contributed by atoms with van der Waals surface area (Å²) < 4.78 is 29.1. The Bertz CT molecular complexity index is 1000. The fraction of sp³-hybridized carbons (Fsp3) is 0.545. The lowest BCUT2D eigenvalue weighted by Crippen LogP contribution is -2.45. The summed E-state index contributed by atoms with van der Waals surface area (Å²) >= 11 is 0. The van der Waals surface area contributed by atoms with Crippen molar-refractivity contribution >= 4 is 40.0 Å². The van der Waals surface area contributed by atoms with Gasteiger partial charge >= 0.3 is 0 Å². The number of nitrogens with one attached hydrogen (secondary N) is 1. The molecule has 2 aliphatic heterocycles. The highest BCUT2D eigenvalue weighted by Gasteiger charge is 2.30. The molecule has 0 saturated carbocycles. The fourth-order valence-electron chi connectivity index (χ4n) is 4.54. The van der Waals surface area contributed by atoms with E-state index in [1.54, 1.807) is 28.6 Å². The molecule has 0 bridgehead atoms. The van der Waals surface area contributed by atoms with E-state index in [2.05, 4.69) is 26.5 Å². The van der Waals surface area contributed by atoms with Crippen molar-refractivity contribution in [2.45, 2.75) is 30.1 Å². The van der Waals surface area contributed by atoms with Crippen molar-refractivity contribution in [2.75, 3.05) is 39.8 Å². The number of benzene rings is 1. The molecule has 1 aromatic heterocycles. The Morgan fingerprint density at radius 1 is 1.16 bits per heavy atom. The maximum Gasteiger partial charge on any atom is 0.243 e. The standard InChI is InChI=1S/C22H32N6O2S.HI/c1-23-22(27-11-10-19(17-27)20-15-25-26(2)16-20)24-14-18-8-12-28(13-9-18)31(29,30)21-6-4-3-5-7-21;/h3-7,15-16,18-19H,8-14,17H2,1-2H3,(H,23,24);1H. The van der Waals surface area contributed by atoms with Gasteiger partial charge in [0.1, 0.15) is 0 Å². The summed E-state index contributed by atoms with van der Waals surface area (Å²) in [4.78, 5) is 7.18.